The number of aromatic nitrogens is 2. The second kappa shape index (κ2) is 5.22. The Morgan fingerprint density at radius 1 is 1.26 bits per heavy atom. The smallest absolute Gasteiger partial charge is 0.227 e. The zero-order valence-electron chi connectivity index (χ0n) is 11.2. The van der Waals surface area contributed by atoms with Crippen LogP contribution in [0.1, 0.15) is 23.9 Å². The zero-order valence-corrected chi connectivity index (χ0v) is 11.2. The van der Waals surface area contributed by atoms with Crippen LogP contribution in [0.3, 0.4) is 0 Å². The molecule has 4 nitrogen and oxygen atoms in total. The Bertz CT molecular complexity index is 614. The van der Waals surface area contributed by atoms with Crippen molar-refractivity contribution in [2.75, 3.05) is 5.73 Å². The number of nitrogens with zero attached hydrogens (tertiary/aromatic N) is 2. The molecule has 100 valence electrons. The quantitative estimate of drug-likeness (QED) is 0.921. The van der Waals surface area contributed by atoms with Crippen LogP contribution >= 0.6 is 0 Å². The molecule has 0 unspecified atom stereocenters. The summed E-state index contributed by atoms with van der Waals surface area (Å²) in [6.07, 6.45) is 0.670. The van der Waals surface area contributed by atoms with Crippen LogP contribution in [0.2, 0.25) is 0 Å². The van der Waals surface area contributed by atoms with Gasteiger partial charge in [-0.05, 0) is 37.6 Å². The lowest BCUT2D eigenvalue weighted by Crippen LogP contribution is -2.04. The SMILES string of the molecule is CCc1nc(N)c(C)c(Oc2ccc(F)cc2C)n1. The van der Waals surface area contributed by atoms with E-state index < -0.39 is 0 Å². The van der Waals surface area contributed by atoms with Crippen LogP contribution in [0.15, 0.2) is 18.2 Å². The molecule has 2 rings (SSSR count). The van der Waals surface area contributed by atoms with Crippen molar-refractivity contribution < 1.29 is 9.13 Å². The van der Waals surface area contributed by atoms with E-state index in [0.29, 0.717) is 40.8 Å². The van der Waals surface area contributed by atoms with Crippen molar-refractivity contribution in [1.82, 2.24) is 9.97 Å². The monoisotopic (exact) mass is 261 g/mol. The van der Waals surface area contributed by atoms with E-state index in [-0.39, 0.29) is 5.82 Å². The summed E-state index contributed by atoms with van der Waals surface area (Å²) >= 11 is 0. The van der Waals surface area contributed by atoms with Crippen LogP contribution < -0.4 is 10.5 Å². The molecule has 1 aromatic heterocycles. The van der Waals surface area contributed by atoms with Crippen LogP contribution in [0.5, 0.6) is 11.6 Å². The lowest BCUT2D eigenvalue weighted by molar-refractivity contribution is 0.450. The van der Waals surface area contributed by atoms with Gasteiger partial charge >= 0.3 is 0 Å². The van der Waals surface area contributed by atoms with Crippen molar-refractivity contribution >= 4 is 5.82 Å². The summed E-state index contributed by atoms with van der Waals surface area (Å²) in [7, 11) is 0. The number of rotatable bonds is 3. The average molecular weight is 261 g/mol. The Labute approximate surface area is 111 Å². The van der Waals surface area contributed by atoms with Gasteiger partial charge in [-0.3, -0.25) is 0 Å². The number of ether oxygens (including phenoxy) is 1. The lowest BCUT2D eigenvalue weighted by atomic mass is 10.2. The van der Waals surface area contributed by atoms with E-state index in [9.17, 15) is 4.39 Å². The Kier molecular flexibility index (Phi) is 3.64. The van der Waals surface area contributed by atoms with Gasteiger partial charge in [0, 0.05) is 6.42 Å². The molecule has 0 fully saturated rings. The molecule has 0 amide bonds. The molecule has 0 radical (unpaired) electrons. The molecule has 2 N–H and O–H groups in total. The number of hydrogen-bond donors (Lipinski definition) is 1. The number of nitrogen functional groups attached to an aromatic ring is 1. The maximum Gasteiger partial charge on any atom is 0.227 e. The lowest BCUT2D eigenvalue weighted by Gasteiger charge is -2.12. The summed E-state index contributed by atoms with van der Waals surface area (Å²) < 4.78 is 18.8. The van der Waals surface area contributed by atoms with Gasteiger partial charge in [0.1, 0.15) is 23.2 Å². The highest BCUT2D eigenvalue weighted by molar-refractivity contribution is 5.46. The maximum atomic E-state index is 13.0. The highest BCUT2D eigenvalue weighted by Crippen LogP contribution is 2.28. The summed E-state index contributed by atoms with van der Waals surface area (Å²) in [6.45, 7) is 5.51. The van der Waals surface area contributed by atoms with Gasteiger partial charge in [0.2, 0.25) is 5.88 Å². The summed E-state index contributed by atoms with van der Waals surface area (Å²) in [6, 6.07) is 4.34. The first-order valence-corrected chi connectivity index (χ1v) is 6.08. The number of nitrogens with two attached hydrogens (primary N) is 1. The predicted octanol–water partition coefficient (Wildman–Crippen LogP) is 3.17. The number of benzene rings is 1. The first-order valence-electron chi connectivity index (χ1n) is 6.08. The van der Waals surface area contributed by atoms with Gasteiger partial charge in [0.25, 0.3) is 0 Å². The Morgan fingerprint density at radius 3 is 2.63 bits per heavy atom. The van der Waals surface area contributed by atoms with Crippen LogP contribution in [-0.4, -0.2) is 9.97 Å². The van der Waals surface area contributed by atoms with E-state index in [2.05, 4.69) is 9.97 Å². The highest BCUT2D eigenvalue weighted by atomic mass is 19.1. The molecule has 1 heterocycles. The number of aryl methyl sites for hydroxylation is 2. The molecule has 19 heavy (non-hydrogen) atoms. The minimum atomic E-state index is -0.293. The van der Waals surface area contributed by atoms with E-state index in [0.717, 1.165) is 0 Å². The van der Waals surface area contributed by atoms with Crippen molar-refractivity contribution in [3.63, 3.8) is 0 Å². The van der Waals surface area contributed by atoms with Gasteiger partial charge < -0.3 is 10.5 Å². The maximum absolute atomic E-state index is 13.0. The third-order valence-corrected chi connectivity index (χ3v) is 2.84. The molecule has 0 aliphatic heterocycles. The molecule has 1 aromatic carbocycles. The first kappa shape index (κ1) is 13.3. The van der Waals surface area contributed by atoms with Crippen LogP contribution in [-0.2, 0) is 6.42 Å². The molecule has 0 spiro atoms. The third kappa shape index (κ3) is 2.81. The minimum absolute atomic E-state index is 0.293. The fourth-order valence-electron chi connectivity index (χ4n) is 1.65. The third-order valence-electron chi connectivity index (χ3n) is 2.84. The predicted molar refractivity (Wildman–Crippen MR) is 71.8 cm³/mol. The molecule has 5 heteroatoms. The van der Waals surface area contributed by atoms with Crippen LogP contribution in [0.25, 0.3) is 0 Å². The normalized spacial score (nSPS) is 10.5. The van der Waals surface area contributed by atoms with Crippen molar-refractivity contribution in [3.8, 4) is 11.6 Å². The molecular formula is C14H16FN3O. The minimum Gasteiger partial charge on any atom is -0.438 e. The van der Waals surface area contributed by atoms with Crippen LogP contribution in [0, 0.1) is 19.7 Å². The van der Waals surface area contributed by atoms with Gasteiger partial charge in [0.05, 0.1) is 5.56 Å². The van der Waals surface area contributed by atoms with Gasteiger partial charge in [-0.2, -0.15) is 4.98 Å². The number of anilines is 1. The van der Waals surface area contributed by atoms with E-state index in [1.165, 1.54) is 12.1 Å². The van der Waals surface area contributed by atoms with Gasteiger partial charge in [-0.25, -0.2) is 9.37 Å². The zero-order chi connectivity index (χ0) is 14.0. The van der Waals surface area contributed by atoms with E-state index in [1.54, 1.807) is 19.9 Å². The topological polar surface area (TPSA) is 61.0 Å². The van der Waals surface area contributed by atoms with Gasteiger partial charge in [-0.15, -0.1) is 0 Å². The van der Waals surface area contributed by atoms with Gasteiger partial charge in [0.15, 0.2) is 0 Å². The van der Waals surface area contributed by atoms with Crippen molar-refractivity contribution in [3.05, 3.63) is 41.0 Å². The van der Waals surface area contributed by atoms with E-state index >= 15 is 0 Å². The van der Waals surface area contributed by atoms with Gasteiger partial charge in [-0.1, -0.05) is 6.92 Å². The fourth-order valence-corrected chi connectivity index (χ4v) is 1.65. The standard InChI is InChI=1S/C14H16FN3O/c1-4-12-17-13(16)9(3)14(18-12)19-11-6-5-10(15)7-8(11)2/h5-7H,4H2,1-3H3,(H2,16,17,18). The van der Waals surface area contributed by atoms with E-state index in [4.69, 9.17) is 10.5 Å². The van der Waals surface area contributed by atoms with Crippen LogP contribution in [0.4, 0.5) is 10.2 Å². The highest BCUT2D eigenvalue weighted by Gasteiger charge is 2.11. The molecule has 0 bridgehead atoms. The van der Waals surface area contributed by atoms with E-state index in [1.807, 2.05) is 6.92 Å². The Hall–Kier alpha value is -2.17. The second-order valence-corrected chi connectivity index (χ2v) is 4.32. The number of halogens is 1. The fraction of sp³-hybridized carbons (Fsp3) is 0.286. The molecular weight excluding hydrogens is 245 g/mol. The summed E-state index contributed by atoms with van der Waals surface area (Å²) in [5.74, 6) is 1.71. The molecule has 0 saturated heterocycles. The van der Waals surface area contributed by atoms with Crippen molar-refractivity contribution in [2.45, 2.75) is 27.2 Å². The van der Waals surface area contributed by atoms with Crippen molar-refractivity contribution in [2.24, 2.45) is 0 Å². The Balaban J connectivity index is 2.40. The van der Waals surface area contributed by atoms with Crippen molar-refractivity contribution in [1.29, 1.82) is 0 Å². The second-order valence-electron chi connectivity index (χ2n) is 4.32. The largest absolute Gasteiger partial charge is 0.438 e. The molecule has 2 aromatic rings. The first-order chi connectivity index (χ1) is 9.01. The molecule has 0 saturated carbocycles. The molecule has 0 aliphatic carbocycles. The Morgan fingerprint density at radius 2 is 2.00 bits per heavy atom. The summed E-state index contributed by atoms with van der Waals surface area (Å²) in [5, 5.41) is 0. The number of hydrogen-bond acceptors (Lipinski definition) is 4. The summed E-state index contributed by atoms with van der Waals surface area (Å²) in [5.41, 5.74) is 7.21. The molecule has 0 atom stereocenters. The molecule has 0 aliphatic rings. The summed E-state index contributed by atoms with van der Waals surface area (Å²) in [4.78, 5) is 8.46. The average Bonchev–Trinajstić information content (AvgIpc) is 2.37.